The molecule has 0 fully saturated rings. The lowest BCUT2D eigenvalue weighted by atomic mass is 10.3. The first-order chi connectivity index (χ1) is 8.75. The summed E-state index contributed by atoms with van der Waals surface area (Å²) in [5.74, 6) is 0.641. The molecular weight excluding hydrogens is 232 g/mol. The zero-order valence-electron chi connectivity index (χ0n) is 9.78. The van der Waals surface area contributed by atoms with Crippen molar-refractivity contribution in [2.24, 2.45) is 0 Å². The molecule has 0 aliphatic heterocycles. The number of carbonyl (C=O) groups is 1. The van der Waals surface area contributed by atoms with Crippen LogP contribution in [-0.2, 0) is 4.79 Å². The zero-order valence-corrected chi connectivity index (χ0v) is 9.78. The molecule has 92 valence electrons. The Kier molecular flexibility index (Phi) is 3.80. The summed E-state index contributed by atoms with van der Waals surface area (Å²) in [5.41, 5.74) is 0. The standard InChI is InChI=1S/C12H12N4O2/c1-9(18-10-3-2-4-13-7-10)12(17)16-11-8-14-5-6-15-11/h2-9H,1H3,(H,15,16,17)/t9-/m0/s1. The van der Waals surface area contributed by atoms with Crippen molar-refractivity contribution in [3.63, 3.8) is 0 Å². The third-order valence-electron chi connectivity index (χ3n) is 2.13. The predicted molar refractivity (Wildman–Crippen MR) is 65.0 cm³/mol. The van der Waals surface area contributed by atoms with Crippen LogP contribution in [0.2, 0.25) is 0 Å². The number of nitrogens with one attached hydrogen (secondary N) is 1. The van der Waals surface area contributed by atoms with E-state index in [2.05, 4.69) is 20.3 Å². The number of hydrogen-bond acceptors (Lipinski definition) is 5. The van der Waals surface area contributed by atoms with Gasteiger partial charge in [0.05, 0.1) is 12.4 Å². The van der Waals surface area contributed by atoms with Crippen molar-refractivity contribution in [2.75, 3.05) is 5.32 Å². The molecular formula is C12H12N4O2. The molecule has 1 atom stereocenters. The molecule has 0 saturated carbocycles. The van der Waals surface area contributed by atoms with Crippen LogP contribution in [0, 0.1) is 0 Å². The molecule has 2 aromatic rings. The number of hydrogen-bond donors (Lipinski definition) is 1. The lowest BCUT2D eigenvalue weighted by molar-refractivity contribution is -0.122. The second-order valence-corrected chi connectivity index (χ2v) is 3.53. The Morgan fingerprint density at radius 3 is 2.78 bits per heavy atom. The molecule has 6 nitrogen and oxygen atoms in total. The fourth-order valence-electron chi connectivity index (χ4n) is 1.27. The van der Waals surface area contributed by atoms with Gasteiger partial charge in [0.15, 0.2) is 11.9 Å². The highest BCUT2D eigenvalue weighted by molar-refractivity contribution is 5.93. The van der Waals surface area contributed by atoms with Gasteiger partial charge in [0.25, 0.3) is 5.91 Å². The summed E-state index contributed by atoms with van der Waals surface area (Å²) in [6.07, 6.45) is 7.04. The van der Waals surface area contributed by atoms with E-state index in [0.717, 1.165) is 0 Å². The Morgan fingerprint density at radius 1 is 1.28 bits per heavy atom. The van der Waals surface area contributed by atoms with Crippen LogP contribution >= 0.6 is 0 Å². The Bertz CT molecular complexity index is 504. The summed E-state index contributed by atoms with van der Waals surface area (Å²) in [5, 5.41) is 2.60. The molecule has 1 N–H and O–H groups in total. The topological polar surface area (TPSA) is 77.0 Å². The molecule has 0 aliphatic rings. The van der Waals surface area contributed by atoms with Crippen molar-refractivity contribution in [2.45, 2.75) is 13.0 Å². The van der Waals surface area contributed by atoms with Gasteiger partial charge in [-0.3, -0.25) is 14.8 Å². The Balaban J connectivity index is 1.93. The Morgan fingerprint density at radius 2 is 2.11 bits per heavy atom. The number of anilines is 1. The smallest absolute Gasteiger partial charge is 0.266 e. The SMILES string of the molecule is C[C@H](Oc1cccnc1)C(=O)Nc1cnccn1. The van der Waals surface area contributed by atoms with E-state index in [1.807, 2.05) is 0 Å². The fraction of sp³-hybridized carbons (Fsp3) is 0.167. The molecule has 6 heteroatoms. The number of rotatable bonds is 4. The number of pyridine rings is 1. The van der Waals surface area contributed by atoms with Crippen molar-refractivity contribution in [3.8, 4) is 5.75 Å². The second-order valence-electron chi connectivity index (χ2n) is 3.53. The molecule has 0 spiro atoms. The van der Waals surface area contributed by atoms with Gasteiger partial charge in [0, 0.05) is 18.6 Å². The van der Waals surface area contributed by atoms with E-state index in [1.165, 1.54) is 18.6 Å². The molecule has 0 bridgehead atoms. The van der Waals surface area contributed by atoms with Crippen LogP contribution in [0.4, 0.5) is 5.82 Å². The van der Waals surface area contributed by atoms with Gasteiger partial charge >= 0.3 is 0 Å². The first-order valence-corrected chi connectivity index (χ1v) is 5.39. The molecule has 0 radical (unpaired) electrons. The summed E-state index contributed by atoms with van der Waals surface area (Å²) in [4.78, 5) is 23.5. The normalized spacial score (nSPS) is 11.6. The predicted octanol–water partition coefficient (Wildman–Crippen LogP) is 1.28. The molecule has 1 amide bonds. The van der Waals surface area contributed by atoms with Crippen LogP contribution in [0.3, 0.4) is 0 Å². The molecule has 2 heterocycles. The first kappa shape index (κ1) is 12.0. The van der Waals surface area contributed by atoms with Crippen LogP contribution in [0.15, 0.2) is 43.1 Å². The largest absolute Gasteiger partial charge is 0.479 e. The number of ether oxygens (including phenoxy) is 1. The van der Waals surface area contributed by atoms with Crippen molar-refractivity contribution < 1.29 is 9.53 Å². The monoisotopic (exact) mass is 244 g/mol. The Labute approximate surface area is 104 Å². The van der Waals surface area contributed by atoms with Gasteiger partial charge in [0.2, 0.25) is 0 Å². The molecule has 0 saturated heterocycles. The number of aromatic nitrogens is 3. The summed E-state index contributed by atoms with van der Waals surface area (Å²) >= 11 is 0. The van der Waals surface area contributed by atoms with Crippen molar-refractivity contribution in [1.29, 1.82) is 0 Å². The highest BCUT2D eigenvalue weighted by Gasteiger charge is 2.15. The maximum absolute atomic E-state index is 11.8. The number of carbonyl (C=O) groups excluding carboxylic acids is 1. The van der Waals surface area contributed by atoms with Gasteiger partial charge < -0.3 is 10.1 Å². The zero-order chi connectivity index (χ0) is 12.8. The number of amides is 1. The summed E-state index contributed by atoms with van der Waals surface area (Å²) in [6, 6.07) is 3.47. The van der Waals surface area contributed by atoms with Crippen molar-refractivity contribution in [3.05, 3.63) is 43.1 Å². The minimum Gasteiger partial charge on any atom is -0.479 e. The van der Waals surface area contributed by atoms with Gasteiger partial charge in [-0.25, -0.2) is 4.98 Å². The summed E-state index contributed by atoms with van der Waals surface area (Å²) in [6.45, 7) is 1.65. The molecule has 2 rings (SSSR count). The third kappa shape index (κ3) is 3.24. The summed E-state index contributed by atoms with van der Waals surface area (Å²) < 4.78 is 5.43. The molecule has 0 unspecified atom stereocenters. The third-order valence-corrected chi connectivity index (χ3v) is 2.13. The van der Waals surface area contributed by atoms with Crippen LogP contribution in [-0.4, -0.2) is 27.0 Å². The highest BCUT2D eigenvalue weighted by atomic mass is 16.5. The van der Waals surface area contributed by atoms with E-state index in [9.17, 15) is 4.79 Å². The minimum absolute atomic E-state index is 0.292. The maximum atomic E-state index is 11.8. The molecule has 0 aromatic carbocycles. The minimum atomic E-state index is -0.642. The average Bonchev–Trinajstić information content (AvgIpc) is 2.41. The van der Waals surface area contributed by atoms with Gasteiger partial charge in [-0.15, -0.1) is 0 Å². The number of nitrogens with zero attached hydrogens (tertiary/aromatic N) is 3. The van der Waals surface area contributed by atoms with Crippen molar-refractivity contribution >= 4 is 11.7 Å². The van der Waals surface area contributed by atoms with Gasteiger partial charge in [-0.1, -0.05) is 0 Å². The Hall–Kier alpha value is -2.50. The van der Waals surface area contributed by atoms with E-state index in [4.69, 9.17) is 4.74 Å². The van der Waals surface area contributed by atoms with E-state index >= 15 is 0 Å². The van der Waals surface area contributed by atoms with E-state index < -0.39 is 6.10 Å². The molecule has 18 heavy (non-hydrogen) atoms. The first-order valence-electron chi connectivity index (χ1n) is 5.39. The van der Waals surface area contributed by atoms with Gasteiger partial charge in [0.1, 0.15) is 5.75 Å². The van der Waals surface area contributed by atoms with E-state index in [1.54, 1.807) is 31.5 Å². The van der Waals surface area contributed by atoms with Crippen LogP contribution < -0.4 is 10.1 Å². The quantitative estimate of drug-likeness (QED) is 0.876. The van der Waals surface area contributed by atoms with Crippen LogP contribution in [0.1, 0.15) is 6.92 Å². The fourth-order valence-corrected chi connectivity index (χ4v) is 1.27. The lowest BCUT2D eigenvalue weighted by Crippen LogP contribution is -2.30. The van der Waals surface area contributed by atoms with E-state index in [0.29, 0.717) is 11.6 Å². The van der Waals surface area contributed by atoms with Crippen LogP contribution in [0.25, 0.3) is 0 Å². The molecule has 2 aromatic heterocycles. The molecule has 0 aliphatic carbocycles. The van der Waals surface area contributed by atoms with Crippen molar-refractivity contribution in [1.82, 2.24) is 15.0 Å². The average molecular weight is 244 g/mol. The van der Waals surface area contributed by atoms with Gasteiger partial charge in [-0.2, -0.15) is 0 Å². The maximum Gasteiger partial charge on any atom is 0.266 e. The lowest BCUT2D eigenvalue weighted by Gasteiger charge is -2.13. The summed E-state index contributed by atoms with van der Waals surface area (Å²) in [7, 11) is 0. The van der Waals surface area contributed by atoms with Gasteiger partial charge in [-0.05, 0) is 19.1 Å². The highest BCUT2D eigenvalue weighted by Crippen LogP contribution is 2.10. The second kappa shape index (κ2) is 5.72. The van der Waals surface area contributed by atoms with Crippen LogP contribution in [0.5, 0.6) is 5.75 Å². The van der Waals surface area contributed by atoms with E-state index in [-0.39, 0.29) is 5.91 Å².